The van der Waals surface area contributed by atoms with E-state index >= 15 is 0 Å². The molecule has 6 aromatic rings. The summed E-state index contributed by atoms with van der Waals surface area (Å²) in [6.45, 7) is 11.6. The smallest absolute Gasteiger partial charge is 0.410 e. The molecule has 5 aliphatic heterocycles. The highest BCUT2D eigenvalue weighted by atomic mass is 32.1. The highest BCUT2D eigenvalue weighted by Crippen LogP contribution is 2.41. The summed E-state index contributed by atoms with van der Waals surface area (Å²) in [7, 11) is 0. The number of para-hydroxylation sites is 1. The number of nitrogen functional groups attached to an aromatic ring is 1. The number of likely N-dealkylation sites (tertiary alicyclic amines) is 2. The number of ether oxygens (including phenoxy) is 2. The maximum absolute atomic E-state index is 14.4. The van der Waals surface area contributed by atoms with Crippen molar-refractivity contribution in [3.05, 3.63) is 102 Å². The van der Waals surface area contributed by atoms with Gasteiger partial charge in [0.05, 0.1) is 33.9 Å². The zero-order chi connectivity index (χ0) is 53.5. The first kappa shape index (κ1) is 51.8. The van der Waals surface area contributed by atoms with Crippen LogP contribution in [0.25, 0.3) is 21.7 Å². The van der Waals surface area contributed by atoms with Crippen molar-refractivity contribution in [1.29, 1.82) is 0 Å². The Bertz CT molecular complexity index is 3040. The Balaban J connectivity index is 0.632. The number of nitrogens with zero attached hydrogens (tertiary/aromatic N) is 8. The quantitative estimate of drug-likeness (QED) is 0.0842. The van der Waals surface area contributed by atoms with E-state index in [-0.39, 0.29) is 72.9 Å². The summed E-state index contributed by atoms with van der Waals surface area (Å²) in [4.78, 5) is 65.1. The number of hydrogen-bond acceptors (Lipinski definition) is 16. The Morgan fingerprint density at radius 1 is 0.883 bits per heavy atom. The first-order valence-corrected chi connectivity index (χ1v) is 28.0. The molecule has 0 saturated carbocycles. The van der Waals surface area contributed by atoms with Gasteiger partial charge in [0.1, 0.15) is 30.0 Å². The summed E-state index contributed by atoms with van der Waals surface area (Å²) >= 11 is 1.59. The zero-order valence-electron chi connectivity index (χ0n) is 44.0. The maximum Gasteiger partial charge on any atom is 0.410 e. The second kappa shape index (κ2) is 22.0. The Labute approximate surface area is 452 Å². The van der Waals surface area contributed by atoms with Gasteiger partial charge in [0.15, 0.2) is 11.6 Å². The summed E-state index contributed by atoms with van der Waals surface area (Å²) in [5.74, 6) is 0.568. The molecule has 5 saturated heterocycles. The minimum Gasteiger partial charge on any atom is -0.872 e. The molecular weight excluding hydrogens is 999 g/mol. The average Bonchev–Trinajstić information content (AvgIpc) is 4.32. The van der Waals surface area contributed by atoms with Crippen LogP contribution in [0.3, 0.4) is 0 Å². The van der Waals surface area contributed by atoms with E-state index < -0.39 is 18.1 Å². The molecule has 5 fully saturated rings. The number of aryl methyl sites for hydroxylation is 1. The number of H-pyrrole nitrogens is 1. The highest BCUT2D eigenvalue weighted by Gasteiger charge is 2.45. The van der Waals surface area contributed by atoms with Crippen LogP contribution in [0.4, 0.5) is 27.8 Å². The van der Waals surface area contributed by atoms with Crippen LogP contribution in [0.15, 0.2) is 89.0 Å². The molecule has 5 N–H and O–H groups in total. The Morgan fingerprint density at radius 3 is 2.31 bits per heavy atom. The number of piperidine rings is 2. The number of hydrogen-bond donors (Lipinski definition) is 4. The summed E-state index contributed by atoms with van der Waals surface area (Å²) in [5, 5.41) is 30.8. The molecule has 0 aliphatic carbocycles. The van der Waals surface area contributed by atoms with E-state index in [0.717, 1.165) is 64.7 Å². The average molecular weight is 1070 g/mol. The molecule has 20 heteroatoms. The summed E-state index contributed by atoms with van der Waals surface area (Å²) in [6.07, 6.45) is 5.08. The van der Waals surface area contributed by atoms with Gasteiger partial charge in [0.2, 0.25) is 17.7 Å². The summed E-state index contributed by atoms with van der Waals surface area (Å²) < 4.78 is 18.4. The van der Waals surface area contributed by atoms with Crippen molar-refractivity contribution in [3.63, 3.8) is 0 Å². The van der Waals surface area contributed by atoms with Crippen molar-refractivity contribution in [1.82, 2.24) is 35.2 Å². The molecule has 9 heterocycles. The van der Waals surface area contributed by atoms with E-state index in [1.165, 1.54) is 4.90 Å². The number of fused-ring (bicyclic) bond motifs is 2. The number of rotatable bonds is 14. The van der Waals surface area contributed by atoms with E-state index in [1.54, 1.807) is 34.4 Å². The van der Waals surface area contributed by atoms with E-state index in [2.05, 4.69) is 46.2 Å². The Hall–Kier alpha value is -7.32. The molecule has 0 spiro atoms. The predicted octanol–water partition coefficient (Wildman–Crippen LogP) is 7.24. The first-order chi connectivity index (χ1) is 37.2. The third-order valence-corrected chi connectivity index (χ3v) is 17.2. The molecule has 0 radical (unpaired) electrons. The predicted molar refractivity (Wildman–Crippen MR) is 292 cm³/mol. The first-order valence-electron chi connectivity index (χ1n) is 27.1. The van der Waals surface area contributed by atoms with Gasteiger partial charge in [-0.2, -0.15) is 0 Å². The SMILES string of the molecule is Cc1ncsc1-c1ccc([C@H](C)NC(=O)[C@@H]2C[C@@H](O)CN2C(=O)[C@@H](c2cc(N3CCC(OC(=O)N4CCC(Oc5cc(N6C7CCC6CN(c6cc(-c8ccccc8[O-])[nH]c6N)C7)ccn5)CC4)CC3)no2)C(C)C)cc1. The van der Waals surface area contributed by atoms with Gasteiger partial charge in [0, 0.05) is 120 Å². The van der Waals surface area contributed by atoms with Crippen LogP contribution in [0.2, 0.25) is 0 Å². The number of carbonyl (C=O) groups is 3. The third-order valence-electron chi connectivity index (χ3n) is 16.3. The third kappa shape index (κ3) is 10.9. The molecule has 2 aromatic carbocycles. The molecule has 77 heavy (non-hydrogen) atoms. The number of anilines is 4. The van der Waals surface area contributed by atoms with E-state index in [9.17, 15) is 24.6 Å². The number of aromatic amines is 1. The fourth-order valence-corrected chi connectivity index (χ4v) is 12.9. The normalized spacial score (nSPS) is 21.9. The number of amides is 3. The standard InChI is InChI=1S/C57H69N11O8S/c1-33(2)52(56(72)67-31-41(69)26-47(67)55(71)61-34(3)36-9-11-37(12-10-36)53-35(4)60-32-77-53)49-28-50(63-76-49)64-21-16-43(17-22-64)75-57(73)65-23-18-42(19-24-65)74-51-25-38(15-20-59-51)68-39-13-14-40(68)30-66(29-39)46-27-45(62-54(46)58)44-7-5-6-8-48(44)70/h5-12,15,20,25,27-28,32-34,39-43,47,52,62,69-70H,13-14,16-19,21-24,26,29-31,58H2,1-4H3,(H,61,71)/p-1/t34-,39?,40?,41+,47-,52+/m0/s1. The van der Waals surface area contributed by atoms with Gasteiger partial charge in [-0.15, -0.1) is 11.3 Å². The number of nitrogens with two attached hydrogens (primary N) is 1. The van der Waals surface area contributed by atoms with Crippen LogP contribution in [0.1, 0.15) is 94.7 Å². The largest absolute Gasteiger partial charge is 0.872 e. The second-order valence-corrected chi connectivity index (χ2v) is 22.6. The fraction of sp³-hybridized carbons (Fsp3) is 0.474. The molecule has 11 rings (SSSR count). The molecule has 5 aliphatic rings. The van der Waals surface area contributed by atoms with Crippen molar-refractivity contribution < 1.29 is 38.6 Å². The topological polar surface area (TPSA) is 235 Å². The molecular formula is C57H68N11O8S-. The molecule has 2 bridgehead atoms. The van der Waals surface area contributed by atoms with E-state index in [0.29, 0.717) is 80.7 Å². The number of β-amino-alcohol motifs (C(OH)–C–C–N with tert-alkyl or cyclic N) is 1. The fourth-order valence-electron chi connectivity index (χ4n) is 12.1. The lowest BCUT2D eigenvalue weighted by molar-refractivity contribution is -0.267. The van der Waals surface area contributed by atoms with Crippen LogP contribution < -0.4 is 35.6 Å². The molecule has 19 nitrogen and oxygen atoms in total. The van der Waals surface area contributed by atoms with Gasteiger partial charge < -0.3 is 64.7 Å². The number of benzene rings is 2. The van der Waals surface area contributed by atoms with E-state index in [4.69, 9.17) is 19.7 Å². The number of aliphatic hydroxyl groups excluding tert-OH is 1. The monoisotopic (exact) mass is 1070 g/mol. The van der Waals surface area contributed by atoms with Gasteiger partial charge >= 0.3 is 6.09 Å². The Morgan fingerprint density at radius 2 is 1.61 bits per heavy atom. The van der Waals surface area contributed by atoms with Crippen molar-refractivity contribution in [2.24, 2.45) is 5.92 Å². The van der Waals surface area contributed by atoms with Gasteiger partial charge in [-0.25, -0.2) is 14.8 Å². The van der Waals surface area contributed by atoms with Crippen LogP contribution in [0.5, 0.6) is 11.6 Å². The lowest BCUT2D eigenvalue weighted by Crippen LogP contribution is -2.54. The number of thiazole rings is 1. The highest BCUT2D eigenvalue weighted by molar-refractivity contribution is 7.13. The number of carbonyl (C=O) groups excluding carboxylic acids is 3. The van der Waals surface area contributed by atoms with Gasteiger partial charge in [-0.05, 0) is 61.4 Å². The van der Waals surface area contributed by atoms with Gasteiger partial charge in [-0.3, -0.25) is 9.59 Å². The van der Waals surface area contributed by atoms with Crippen LogP contribution >= 0.6 is 11.3 Å². The van der Waals surface area contributed by atoms with Crippen molar-refractivity contribution in [2.45, 2.75) is 121 Å². The molecule has 2 unspecified atom stereocenters. The van der Waals surface area contributed by atoms with Gasteiger partial charge in [-0.1, -0.05) is 73.3 Å². The summed E-state index contributed by atoms with van der Waals surface area (Å²) in [5.41, 5.74) is 14.6. The number of aliphatic hydroxyl groups is 1. The van der Waals surface area contributed by atoms with Crippen molar-refractivity contribution in [2.75, 3.05) is 66.2 Å². The minimum absolute atomic E-state index is 0.0397. The zero-order valence-corrected chi connectivity index (χ0v) is 44.9. The van der Waals surface area contributed by atoms with Crippen LogP contribution in [-0.4, -0.2) is 135 Å². The van der Waals surface area contributed by atoms with Crippen LogP contribution in [-0.2, 0) is 14.3 Å². The minimum atomic E-state index is -0.843. The van der Waals surface area contributed by atoms with Crippen molar-refractivity contribution in [3.8, 4) is 33.3 Å². The van der Waals surface area contributed by atoms with Crippen molar-refractivity contribution >= 4 is 52.3 Å². The molecule has 6 atom stereocenters. The van der Waals surface area contributed by atoms with E-state index in [1.807, 2.05) is 87.9 Å². The van der Waals surface area contributed by atoms with Gasteiger partial charge in [0.25, 0.3) is 0 Å². The number of pyridine rings is 1. The number of nitrogens with one attached hydrogen (secondary N) is 2. The molecule has 4 aromatic heterocycles. The molecule has 406 valence electrons. The summed E-state index contributed by atoms with van der Waals surface area (Å²) in [6, 6.07) is 22.3. The number of aromatic nitrogens is 4. The second-order valence-electron chi connectivity index (χ2n) is 21.7. The number of piperazine rings is 1. The lowest BCUT2D eigenvalue weighted by atomic mass is 9.91. The maximum atomic E-state index is 14.4. The molecule has 3 amide bonds. The lowest BCUT2D eigenvalue weighted by Gasteiger charge is -2.43. The Kier molecular flexibility index (Phi) is 14.8. The van der Waals surface area contributed by atoms with Crippen LogP contribution in [0, 0.1) is 12.8 Å².